The first-order valence-corrected chi connectivity index (χ1v) is 15.0. The summed E-state index contributed by atoms with van der Waals surface area (Å²) in [5.41, 5.74) is 2.35. The molecular weight excluding hydrogens is 516 g/mol. The van der Waals surface area contributed by atoms with E-state index in [0.717, 1.165) is 24.1 Å². The second kappa shape index (κ2) is 11.8. The molecule has 8 nitrogen and oxygen atoms in total. The summed E-state index contributed by atoms with van der Waals surface area (Å²) in [7, 11) is 0. The molecule has 0 saturated carbocycles. The minimum absolute atomic E-state index is 0.00411. The average Bonchev–Trinajstić information content (AvgIpc) is 3.37. The Morgan fingerprint density at radius 1 is 1.12 bits per heavy atom. The molecule has 5 rings (SSSR count). The van der Waals surface area contributed by atoms with Gasteiger partial charge in [-0.3, -0.25) is 14.5 Å². The SMILES string of the molecule is CC(C)(C)NC(=O)[C@@H]1CNCCN1C[C@@H](O)C[C@@H](Cc1ccccc1)C(=O)N1[C@H]2c3ccccc3C[C@H]2OC1(C)C. The number of β-amino-alcohol motifs (C(OH)–C–C–N with tert-alkyl or cyclic N) is 1. The summed E-state index contributed by atoms with van der Waals surface area (Å²) in [6, 6.07) is 17.8. The summed E-state index contributed by atoms with van der Waals surface area (Å²) in [4.78, 5) is 31.6. The predicted molar refractivity (Wildman–Crippen MR) is 159 cm³/mol. The summed E-state index contributed by atoms with van der Waals surface area (Å²) in [6.45, 7) is 12.1. The first-order chi connectivity index (χ1) is 19.4. The number of aliphatic hydroxyl groups is 1. The van der Waals surface area contributed by atoms with Gasteiger partial charge >= 0.3 is 0 Å². The van der Waals surface area contributed by atoms with Gasteiger partial charge in [-0.1, -0.05) is 54.6 Å². The summed E-state index contributed by atoms with van der Waals surface area (Å²) < 4.78 is 6.48. The van der Waals surface area contributed by atoms with Crippen molar-refractivity contribution in [3.63, 3.8) is 0 Å². The lowest BCUT2D eigenvalue weighted by atomic mass is 9.90. The Hall–Kier alpha value is -2.78. The van der Waals surface area contributed by atoms with Crippen molar-refractivity contribution in [2.45, 2.75) is 89.4 Å². The summed E-state index contributed by atoms with van der Waals surface area (Å²) in [5, 5.41) is 17.8. The predicted octanol–water partition coefficient (Wildman–Crippen LogP) is 3.05. The Morgan fingerprint density at radius 3 is 2.56 bits per heavy atom. The summed E-state index contributed by atoms with van der Waals surface area (Å²) in [5.74, 6) is -0.480. The van der Waals surface area contributed by atoms with E-state index in [2.05, 4.69) is 27.7 Å². The molecule has 0 aromatic heterocycles. The van der Waals surface area contributed by atoms with Crippen LogP contribution in [0.15, 0.2) is 54.6 Å². The van der Waals surface area contributed by atoms with Gasteiger partial charge in [-0.15, -0.1) is 0 Å². The zero-order chi connectivity index (χ0) is 29.4. The van der Waals surface area contributed by atoms with Crippen LogP contribution in [0.4, 0.5) is 0 Å². The van der Waals surface area contributed by atoms with Crippen molar-refractivity contribution in [1.82, 2.24) is 20.4 Å². The Bertz CT molecular complexity index is 1230. The second-order valence-corrected chi connectivity index (χ2v) is 13.4. The molecule has 0 bridgehead atoms. The van der Waals surface area contributed by atoms with Crippen LogP contribution in [0.3, 0.4) is 0 Å². The van der Waals surface area contributed by atoms with Gasteiger partial charge < -0.3 is 25.4 Å². The van der Waals surface area contributed by atoms with E-state index in [0.29, 0.717) is 32.5 Å². The standard InChI is InChI=1S/C33H46N4O4/c1-32(2,3)35-30(39)27-20-34-15-16-36(27)21-25(38)18-24(17-22-11-7-6-8-12-22)31(40)37-29-26-14-10-9-13-23(26)19-28(29)41-33(37,4)5/h6-14,24-25,27-29,34,38H,15-21H2,1-5H3,(H,35,39)/t24-,25+,27+,28-,29+/m1/s1. The van der Waals surface area contributed by atoms with Crippen molar-refractivity contribution in [3.05, 3.63) is 71.3 Å². The second-order valence-electron chi connectivity index (χ2n) is 13.4. The van der Waals surface area contributed by atoms with Crippen LogP contribution < -0.4 is 10.6 Å². The number of hydrogen-bond acceptors (Lipinski definition) is 6. The van der Waals surface area contributed by atoms with Crippen molar-refractivity contribution in [3.8, 4) is 0 Å². The Kier molecular flexibility index (Phi) is 8.58. The van der Waals surface area contributed by atoms with E-state index >= 15 is 0 Å². The Labute approximate surface area is 244 Å². The fraction of sp³-hybridized carbons (Fsp3) is 0.576. The molecule has 222 valence electrons. The van der Waals surface area contributed by atoms with Crippen molar-refractivity contribution >= 4 is 11.8 Å². The molecule has 2 saturated heterocycles. The third-order valence-corrected chi connectivity index (χ3v) is 8.51. The van der Waals surface area contributed by atoms with Crippen LogP contribution in [0.2, 0.25) is 0 Å². The number of nitrogens with one attached hydrogen (secondary N) is 2. The molecule has 0 spiro atoms. The maximum atomic E-state index is 14.5. The van der Waals surface area contributed by atoms with Gasteiger partial charge in [0.15, 0.2) is 0 Å². The van der Waals surface area contributed by atoms with E-state index < -0.39 is 17.7 Å². The first kappa shape index (κ1) is 29.7. The van der Waals surface area contributed by atoms with Gasteiger partial charge in [0, 0.05) is 44.1 Å². The van der Waals surface area contributed by atoms with Crippen LogP contribution in [0, 0.1) is 5.92 Å². The van der Waals surface area contributed by atoms with Gasteiger partial charge in [0.25, 0.3) is 0 Å². The lowest BCUT2D eigenvalue weighted by molar-refractivity contribution is -0.153. The van der Waals surface area contributed by atoms with Crippen LogP contribution in [0.25, 0.3) is 0 Å². The highest BCUT2D eigenvalue weighted by atomic mass is 16.5. The van der Waals surface area contributed by atoms with Crippen LogP contribution >= 0.6 is 0 Å². The van der Waals surface area contributed by atoms with Crippen LogP contribution in [0.1, 0.15) is 63.8 Å². The molecule has 2 aromatic rings. The molecule has 2 heterocycles. The fourth-order valence-corrected chi connectivity index (χ4v) is 6.83. The molecule has 41 heavy (non-hydrogen) atoms. The number of piperazine rings is 1. The highest BCUT2D eigenvalue weighted by Gasteiger charge is 2.54. The molecule has 0 radical (unpaired) electrons. The monoisotopic (exact) mass is 562 g/mol. The minimum atomic E-state index is -0.769. The molecule has 2 fully saturated rings. The molecule has 2 aliphatic heterocycles. The molecule has 3 N–H and O–H groups in total. The molecule has 1 aliphatic carbocycles. The van der Waals surface area contributed by atoms with Crippen LogP contribution in [-0.4, -0.2) is 82.4 Å². The number of hydrogen-bond donors (Lipinski definition) is 3. The first-order valence-electron chi connectivity index (χ1n) is 15.0. The number of benzene rings is 2. The van der Waals surface area contributed by atoms with Gasteiger partial charge in [0.2, 0.25) is 11.8 Å². The van der Waals surface area contributed by atoms with Gasteiger partial charge in [-0.05, 0) is 64.2 Å². The number of fused-ring (bicyclic) bond motifs is 3. The third kappa shape index (κ3) is 6.67. The average molecular weight is 563 g/mol. The zero-order valence-corrected chi connectivity index (χ0v) is 25.1. The summed E-state index contributed by atoms with van der Waals surface area (Å²) >= 11 is 0. The minimum Gasteiger partial charge on any atom is -0.392 e. The highest BCUT2D eigenvalue weighted by molar-refractivity contribution is 5.83. The van der Waals surface area contributed by atoms with Crippen LogP contribution in [0.5, 0.6) is 0 Å². The largest absolute Gasteiger partial charge is 0.392 e. The van der Waals surface area contributed by atoms with Crippen molar-refractivity contribution in [2.75, 3.05) is 26.2 Å². The molecule has 0 unspecified atom stereocenters. The molecular formula is C33H46N4O4. The molecule has 3 aliphatic rings. The normalized spacial score (nSPS) is 25.3. The lowest BCUT2D eigenvalue weighted by Crippen LogP contribution is -2.61. The quantitative estimate of drug-likeness (QED) is 0.458. The number of rotatable bonds is 8. The van der Waals surface area contributed by atoms with Crippen molar-refractivity contribution < 1.29 is 19.4 Å². The number of amides is 2. The van der Waals surface area contributed by atoms with Crippen molar-refractivity contribution in [1.29, 1.82) is 0 Å². The zero-order valence-electron chi connectivity index (χ0n) is 25.1. The lowest BCUT2D eigenvalue weighted by Gasteiger charge is -2.39. The Morgan fingerprint density at radius 2 is 1.83 bits per heavy atom. The van der Waals surface area contributed by atoms with Gasteiger partial charge in [0.1, 0.15) is 11.8 Å². The molecule has 8 heteroatoms. The molecule has 2 aromatic carbocycles. The van der Waals surface area contributed by atoms with E-state index in [1.807, 2.05) is 82.0 Å². The number of aliphatic hydroxyl groups excluding tert-OH is 1. The number of carbonyl (C=O) groups is 2. The maximum absolute atomic E-state index is 14.5. The fourth-order valence-electron chi connectivity index (χ4n) is 6.83. The Balaban J connectivity index is 1.36. The van der Waals surface area contributed by atoms with E-state index in [4.69, 9.17) is 4.74 Å². The van der Waals surface area contributed by atoms with Crippen LogP contribution in [-0.2, 0) is 27.2 Å². The number of carbonyl (C=O) groups excluding carboxylic acids is 2. The topological polar surface area (TPSA) is 94.1 Å². The maximum Gasteiger partial charge on any atom is 0.239 e. The molecule has 5 atom stereocenters. The number of ether oxygens (including phenoxy) is 1. The number of nitrogens with zero attached hydrogens (tertiary/aromatic N) is 2. The highest BCUT2D eigenvalue weighted by Crippen LogP contribution is 2.49. The van der Waals surface area contributed by atoms with E-state index in [9.17, 15) is 14.7 Å². The van der Waals surface area contributed by atoms with Gasteiger partial charge in [-0.25, -0.2) is 0 Å². The van der Waals surface area contributed by atoms with E-state index in [-0.39, 0.29) is 35.5 Å². The van der Waals surface area contributed by atoms with Gasteiger partial charge in [0.05, 0.1) is 18.2 Å². The van der Waals surface area contributed by atoms with E-state index in [1.165, 1.54) is 5.56 Å². The van der Waals surface area contributed by atoms with Gasteiger partial charge in [-0.2, -0.15) is 0 Å². The van der Waals surface area contributed by atoms with E-state index in [1.54, 1.807) is 0 Å². The third-order valence-electron chi connectivity index (χ3n) is 8.51. The van der Waals surface area contributed by atoms with Crippen molar-refractivity contribution in [2.24, 2.45) is 5.92 Å². The smallest absolute Gasteiger partial charge is 0.239 e. The molecule has 2 amide bonds. The summed E-state index contributed by atoms with van der Waals surface area (Å²) in [6.07, 6.45) is 0.779.